The van der Waals surface area contributed by atoms with E-state index in [0.29, 0.717) is 0 Å². The molecule has 158 valence electrons. The fourth-order valence-electron chi connectivity index (χ4n) is 3.27. The number of sulfonamides is 2. The first-order chi connectivity index (χ1) is 13.0. The Morgan fingerprint density at radius 1 is 1.04 bits per heavy atom. The largest absolute Gasteiger partial charge is 0.351 e. The Morgan fingerprint density at radius 3 is 2.11 bits per heavy atom. The molecule has 0 saturated heterocycles. The molecule has 28 heavy (non-hydrogen) atoms. The molecule has 1 aromatic carbocycles. The smallest absolute Gasteiger partial charge is 0.242 e. The van der Waals surface area contributed by atoms with Gasteiger partial charge in [0.1, 0.15) is 0 Å². The van der Waals surface area contributed by atoms with E-state index in [9.17, 15) is 21.6 Å². The summed E-state index contributed by atoms with van der Waals surface area (Å²) in [7, 11) is -4.05. The molecule has 10 heteroatoms. The molecule has 1 fully saturated rings. The van der Waals surface area contributed by atoms with Crippen molar-refractivity contribution < 1.29 is 21.6 Å². The molecule has 1 aliphatic carbocycles. The molecule has 0 bridgehead atoms. The molecule has 1 saturated carbocycles. The molecule has 0 aromatic heterocycles. The maximum absolute atomic E-state index is 12.3. The molecule has 0 atom stereocenters. The lowest BCUT2D eigenvalue weighted by atomic mass is 9.95. The van der Waals surface area contributed by atoms with Gasteiger partial charge in [0.25, 0.3) is 0 Å². The Kier molecular flexibility index (Phi) is 7.60. The van der Waals surface area contributed by atoms with Crippen LogP contribution >= 0.6 is 0 Å². The van der Waals surface area contributed by atoms with Crippen molar-refractivity contribution in [2.45, 2.75) is 49.6 Å². The van der Waals surface area contributed by atoms with Gasteiger partial charge in [-0.3, -0.25) is 4.79 Å². The summed E-state index contributed by atoms with van der Waals surface area (Å²) in [6, 6.07) is 6.12. The van der Waals surface area contributed by atoms with Crippen LogP contribution in [0.5, 0.6) is 0 Å². The summed E-state index contributed by atoms with van der Waals surface area (Å²) in [6.45, 7) is -0.0000138. The lowest BCUT2D eigenvalue weighted by Gasteiger charge is -2.31. The number of benzene rings is 1. The quantitative estimate of drug-likeness (QED) is 0.665. The zero-order valence-corrected chi connectivity index (χ0v) is 18.2. The number of nitrogens with zero attached hydrogens (tertiary/aromatic N) is 2. The average Bonchev–Trinajstić information content (AvgIpc) is 2.64. The van der Waals surface area contributed by atoms with Crippen LogP contribution in [-0.4, -0.2) is 64.3 Å². The minimum Gasteiger partial charge on any atom is -0.351 e. The van der Waals surface area contributed by atoms with Crippen LogP contribution in [-0.2, 0) is 31.4 Å². The van der Waals surface area contributed by atoms with Crippen molar-refractivity contribution in [2.75, 3.05) is 26.9 Å². The number of nitrogens with one attached hydrogen (secondary N) is 1. The Balaban J connectivity index is 1.97. The maximum atomic E-state index is 12.3. The Bertz CT molecular complexity index is 874. The minimum atomic E-state index is -3.50. The van der Waals surface area contributed by atoms with Crippen LogP contribution in [0.2, 0.25) is 0 Å². The third-order valence-electron chi connectivity index (χ3n) is 4.90. The Labute approximate surface area is 168 Å². The molecular formula is C18H29N3O5S2. The lowest BCUT2D eigenvalue weighted by molar-refractivity contribution is -0.121. The van der Waals surface area contributed by atoms with Crippen molar-refractivity contribution in [3.8, 4) is 0 Å². The molecule has 0 aliphatic heterocycles. The molecule has 0 unspecified atom stereocenters. The minimum absolute atomic E-state index is 0.120. The first kappa shape index (κ1) is 22.8. The van der Waals surface area contributed by atoms with Gasteiger partial charge in [0, 0.05) is 26.7 Å². The Morgan fingerprint density at radius 2 is 1.61 bits per heavy atom. The zero-order valence-electron chi connectivity index (χ0n) is 16.6. The Hall–Kier alpha value is -1.49. The average molecular weight is 432 g/mol. The van der Waals surface area contributed by atoms with Crippen molar-refractivity contribution in [2.24, 2.45) is 0 Å². The number of hydrogen-bond donors (Lipinski definition) is 1. The predicted molar refractivity (Wildman–Crippen MR) is 108 cm³/mol. The topological polar surface area (TPSA) is 104 Å². The van der Waals surface area contributed by atoms with Gasteiger partial charge in [0.15, 0.2) is 0 Å². The van der Waals surface area contributed by atoms with Crippen molar-refractivity contribution in [1.29, 1.82) is 0 Å². The normalized spacial score (nSPS) is 16.5. The van der Waals surface area contributed by atoms with Crippen molar-refractivity contribution in [3.63, 3.8) is 0 Å². The molecular weight excluding hydrogens is 402 g/mol. The van der Waals surface area contributed by atoms with Gasteiger partial charge in [-0.05, 0) is 30.5 Å². The van der Waals surface area contributed by atoms with Gasteiger partial charge >= 0.3 is 0 Å². The van der Waals surface area contributed by atoms with Gasteiger partial charge in [-0.2, -0.15) is 4.31 Å². The number of amides is 1. The second kappa shape index (κ2) is 9.34. The van der Waals surface area contributed by atoms with E-state index in [0.717, 1.165) is 48.2 Å². The maximum Gasteiger partial charge on any atom is 0.242 e. The van der Waals surface area contributed by atoms with E-state index in [2.05, 4.69) is 5.32 Å². The number of carbonyl (C=O) groups excluding carboxylic acids is 1. The highest BCUT2D eigenvalue weighted by Crippen LogP contribution is 2.24. The first-order valence-electron chi connectivity index (χ1n) is 9.27. The summed E-state index contributed by atoms with van der Waals surface area (Å²) in [6.07, 6.45) is 5.74. The van der Waals surface area contributed by atoms with E-state index >= 15 is 0 Å². The molecule has 2 rings (SSSR count). The molecule has 1 aliphatic rings. The van der Waals surface area contributed by atoms with Crippen LogP contribution in [0.1, 0.15) is 37.7 Å². The monoisotopic (exact) mass is 431 g/mol. The van der Waals surface area contributed by atoms with Crippen molar-refractivity contribution >= 4 is 26.0 Å². The zero-order chi connectivity index (χ0) is 20.9. The molecule has 0 radical (unpaired) electrons. The molecule has 1 N–H and O–H groups in total. The third-order valence-corrected chi connectivity index (χ3v) is 8.01. The van der Waals surface area contributed by atoms with Gasteiger partial charge in [0.2, 0.25) is 26.0 Å². The highest BCUT2D eigenvalue weighted by atomic mass is 32.2. The summed E-state index contributed by atoms with van der Waals surface area (Å²) < 4.78 is 50.8. The van der Waals surface area contributed by atoms with E-state index in [-0.39, 0.29) is 29.9 Å². The van der Waals surface area contributed by atoms with E-state index in [1.165, 1.54) is 30.5 Å². The predicted octanol–water partition coefficient (Wildman–Crippen LogP) is 1.15. The van der Waals surface area contributed by atoms with E-state index in [1.54, 1.807) is 12.1 Å². The van der Waals surface area contributed by atoms with Crippen LogP contribution in [0.15, 0.2) is 29.2 Å². The molecule has 1 amide bonds. The van der Waals surface area contributed by atoms with E-state index < -0.39 is 20.0 Å². The molecule has 8 nitrogen and oxygen atoms in total. The first-order valence-corrected chi connectivity index (χ1v) is 12.6. The van der Waals surface area contributed by atoms with Crippen LogP contribution < -0.4 is 5.32 Å². The van der Waals surface area contributed by atoms with Crippen molar-refractivity contribution in [1.82, 2.24) is 13.9 Å². The fourth-order valence-corrected chi connectivity index (χ4v) is 5.28. The summed E-state index contributed by atoms with van der Waals surface area (Å²) in [5.41, 5.74) is 0.731. The number of rotatable bonds is 8. The molecule has 0 spiro atoms. The summed E-state index contributed by atoms with van der Waals surface area (Å²) >= 11 is 0. The highest BCUT2D eigenvalue weighted by Gasteiger charge is 2.29. The highest BCUT2D eigenvalue weighted by molar-refractivity contribution is 7.89. The van der Waals surface area contributed by atoms with Gasteiger partial charge in [-0.1, -0.05) is 31.4 Å². The van der Waals surface area contributed by atoms with Gasteiger partial charge in [-0.25, -0.2) is 21.1 Å². The lowest BCUT2D eigenvalue weighted by Crippen LogP contribution is -2.46. The van der Waals surface area contributed by atoms with Crippen molar-refractivity contribution in [3.05, 3.63) is 29.8 Å². The second-order valence-electron chi connectivity index (χ2n) is 7.31. The van der Waals surface area contributed by atoms with E-state index in [1.807, 2.05) is 0 Å². The number of hydrogen-bond acceptors (Lipinski definition) is 5. The van der Waals surface area contributed by atoms with Gasteiger partial charge in [0.05, 0.1) is 17.7 Å². The summed E-state index contributed by atoms with van der Waals surface area (Å²) in [5, 5.41) is 2.72. The van der Waals surface area contributed by atoms with E-state index in [4.69, 9.17) is 0 Å². The SMILES string of the molecule is CN(C)S(=O)(=O)c1ccc(CNC(=O)CN(C2CCCCC2)S(C)(=O)=O)cc1. The second-order valence-corrected chi connectivity index (χ2v) is 11.4. The standard InChI is InChI=1S/C18H29N3O5S2/c1-20(2)28(25,26)17-11-9-15(10-12-17)13-19-18(22)14-21(27(3,23)24)16-7-5-4-6-8-16/h9-12,16H,4-8,13-14H2,1-3H3,(H,19,22). The molecule has 0 heterocycles. The van der Waals surface area contributed by atoms with Gasteiger partial charge < -0.3 is 5.32 Å². The molecule has 1 aromatic rings. The summed E-state index contributed by atoms with van der Waals surface area (Å²) in [5.74, 6) is -0.374. The summed E-state index contributed by atoms with van der Waals surface area (Å²) in [4.78, 5) is 12.5. The van der Waals surface area contributed by atoms with Gasteiger partial charge in [-0.15, -0.1) is 0 Å². The van der Waals surface area contributed by atoms with Crippen LogP contribution in [0.4, 0.5) is 0 Å². The van der Waals surface area contributed by atoms with Crippen LogP contribution in [0.25, 0.3) is 0 Å². The van der Waals surface area contributed by atoms with Crippen LogP contribution in [0.3, 0.4) is 0 Å². The number of carbonyl (C=O) groups is 1. The fraction of sp³-hybridized carbons (Fsp3) is 0.611. The van der Waals surface area contributed by atoms with Crippen LogP contribution in [0, 0.1) is 0 Å². The third kappa shape index (κ3) is 6.00.